The van der Waals surface area contributed by atoms with Gasteiger partial charge in [-0.25, -0.2) is 8.42 Å². The summed E-state index contributed by atoms with van der Waals surface area (Å²) < 4.78 is 34.3. The first-order valence-corrected chi connectivity index (χ1v) is 12.2. The summed E-state index contributed by atoms with van der Waals surface area (Å²) in [5, 5.41) is 30.2. The number of anilines is 1. The number of nitriles is 1. The lowest BCUT2D eigenvalue weighted by Gasteiger charge is -2.05. The van der Waals surface area contributed by atoms with Gasteiger partial charge < -0.3 is 9.15 Å². The monoisotopic (exact) mass is 503 g/mol. The van der Waals surface area contributed by atoms with Gasteiger partial charge in [0.25, 0.3) is 11.6 Å². The average Bonchev–Trinajstić information content (AvgIpc) is 3.47. The first kappa shape index (κ1) is 24.6. The number of nitro groups is 1. The largest absolute Gasteiger partial charge is 0.494 e. The summed E-state index contributed by atoms with van der Waals surface area (Å²) in [5.74, 6) is -0.455. The third kappa shape index (κ3) is 5.45. The Hall–Kier alpha value is -4.09. The van der Waals surface area contributed by atoms with Crippen molar-refractivity contribution in [2.24, 2.45) is 0 Å². The molecule has 0 atom stereocenters. The molecule has 2 aromatic heterocycles. The molecule has 0 aliphatic heterocycles. The van der Waals surface area contributed by atoms with Gasteiger partial charge in [-0.3, -0.25) is 20.2 Å². The maximum atomic E-state index is 12.4. The van der Waals surface area contributed by atoms with Crippen molar-refractivity contribution in [1.82, 2.24) is 10.2 Å². The molecule has 14 heteroatoms. The number of furan rings is 1. The zero-order chi connectivity index (χ0) is 24.9. The van der Waals surface area contributed by atoms with E-state index in [9.17, 15) is 28.6 Å². The van der Waals surface area contributed by atoms with Gasteiger partial charge in [0.15, 0.2) is 0 Å². The Morgan fingerprint density at radius 3 is 2.74 bits per heavy atom. The second-order valence-electron chi connectivity index (χ2n) is 6.47. The molecule has 0 unspecified atom stereocenters. The fraction of sp³-hybridized carbons (Fsp3) is 0.200. The van der Waals surface area contributed by atoms with Crippen LogP contribution in [0.1, 0.15) is 19.6 Å². The van der Waals surface area contributed by atoms with E-state index in [1.165, 1.54) is 31.2 Å². The van der Waals surface area contributed by atoms with Crippen LogP contribution in [0.5, 0.6) is 5.75 Å². The molecule has 0 saturated carbocycles. The van der Waals surface area contributed by atoms with E-state index in [-0.39, 0.29) is 43.6 Å². The summed E-state index contributed by atoms with van der Waals surface area (Å²) in [7, 11) is -3.58. The lowest BCUT2D eigenvalue weighted by molar-refractivity contribution is -0.384. The van der Waals surface area contributed by atoms with Crippen LogP contribution in [0.25, 0.3) is 17.4 Å². The van der Waals surface area contributed by atoms with E-state index in [4.69, 9.17) is 9.15 Å². The summed E-state index contributed by atoms with van der Waals surface area (Å²) in [6.07, 6.45) is 1.14. The number of nitro benzene ring substituents is 1. The maximum absolute atomic E-state index is 12.4. The standard InChI is InChI=1S/C20H17N5O7S2/c1-3-31-13-5-7-15(16(10-13)25(27)28)17-8-6-14(32-17)9-12(11-21)18(26)22-19-23-24-20(33-19)34(29,30)4-2/h5-10H,3-4H2,1-2H3,(H,22,23,26)/b12-9-. The van der Waals surface area contributed by atoms with Gasteiger partial charge in [-0.15, -0.1) is 10.2 Å². The molecule has 2 heterocycles. The summed E-state index contributed by atoms with van der Waals surface area (Å²) in [6.45, 7) is 3.55. The quantitative estimate of drug-likeness (QED) is 0.149. The number of sulfone groups is 1. The summed E-state index contributed by atoms with van der Waals surface area (Å²) in [6, 6.07) is 8.95. The molecule has 1 amide bonds. The average molecular weight is 504 g/mol. The van der Waals surface area contributed by atoms with E-state index >= 15 is 0 Å². The minimum absolute atomic E-state index is 0.0939. The molecule has 0 aliphatic rings. The molecule has 0 bridgehead atoms. The lowest BCUT2D eigenvalue weighted by atomic mass is 10.1. The van der Waals surface area contributed by atoms with E-state index < -0.39 is 20.7 Å². The van der Waals surface area contributed by atoms with Crippen molar-refractivity contribution in [3.63, 3.8) is 0 Å². The number of ether oxygens (including phenoxy) is 1. The molecule has 0 spiro atoms. The van der Waals surface area contributed by atoms with E-state index in [2.05, 4.69) is 15.5 Å². The van der Waals surface area contributed by atoms with Crippen LogP contribution in [0.2, 0.25) is 0 Å². The van der Waals surface area contributed by atoms with E-state index in [1.807, 2.05) is 0 Å². The van der Waals surface area contributed by atoms with Crippen LogP contribution in [0, 0.1) is 21.4 Å². The molecule has 1 aromatic carbocycles. The van der Waals surface area contributed by atoms with Crippen molar-refractivity contribution in [3.05, 3.63) is 51.8 Å². The molecule has 0 saturated heterocycles. The van der Waals surface area contributed by atoms with Gasteiger partial charge in [-0.05, 0) is 31.2 Å². The topological polar surface area (TPSA) is 178 Å². The van der Waals surface area contributed by atoms with Gasteiger partial charge in [-0.1, -0.05) is 18.3 Å². The summed E-state index contributed by atoms with van der Waals surface area (Å²) in [4.78, 5) is 23.3. The molecule has 34 heavy (non-hydrogen) atoms. The van der Waals surface area contributed by atoms with Crippen LogP contribution in [0.4, 0.5) is 10.8 Å². The van der Waals surface area contributed by atoms with Crippen LogP contribution in [0.15, 0.2) is 44.7 Å². The Labute approximate surface area is 197 Å². The highest BCUT2D eigenvalue weighted by atomic mass is 32.2. The Balaban J connectivity index is 1.84. The van der Waals surface area contributed by atoms with Crippen molar-refractivity contribution < 1.29 is 27.3 Å². The SMILES string of the molecule is CCOc1ccc(-c2ccc(/C=C(/C#N)C(=O)Nc3nnc(S(=O)(=O)CC)s3)o2)c([N+](=O)[O-])c1. The van der Waals surface area contributed by atoms with Crippen molar-refractivity contribution in [3.8, 4) is 23.1 Å². The Morgan fingerprint density at radius 2 is 2.09 bits per heavy atom. The smallest absolute Gasteiger partial charge is 0.284 e. The Kier molecular flexibility index (Phi) is 7.39. The minimum atomic E-state index is -3.58. The second-order valence-corrected chi connectivity index (χ2v) is 9.90. The summed E-state index contributed by atoms with van der Waals surface area (Å²) >= 11 is 0.661. The molecule has 176 valence electrons. The third-order valence-electron chi connectivity index (χ3n) is 4.29. The van der Waals surface area contributed by atoms with Crippen LogP contribution in [0.3, 0.4) is 0 Å². The predicted octanol–water partition coefficient (Wildman–Crippen LogP) is 3.44. The van der Waals surface area contributed by atoms with Crippen molar-refractivity contribution in [2.75, 3.05) is 17.7 Å². The number of nitrogens with one attached hydrogen (secondary N) is 1. The fourth-order valence-electron chi connectivity index (χ4n) is 2.67. The number of hydrogen-bond acceptors (Lipinski definition) is 11. The predicted molar refractivity (Wildman–Crippen MR) is 122 cm³/mol. The molecule has 0 fully saturated rings. The van der Waals surface area contributed by atoms with E-state index in [1.54, 1.807) is 19.1 Å². The van der Waals surface area contributed by atoms with Crippen LogP contribution < -0.4 is 10.1 Å². The Morgan fingerprint density at radius 1 is 1.32 bits per heavy atom. The number of nitrogens with zero attached hydrogens (tertiary/aromatic N) is 4. The number of carbonyl (C=O) groups is 1. The van der Waals surface area contributed by atoms with Crippen LogP contribution in [-0.4, -0.2) is 41.8 Å². The van der Waals surface area contributed by atoms with Crippen molar-refractivity contribution >= 4 is 44.0 Å². The van der Waals surface area contributed by atoms with Gasteiger partial charge in [-0.2, -0.15) is 5.26 Å². The van der Waals surface area contributed by atoms with E-state index in [0.29, 0.717) is 23.7 Å². The highest BCUT2D eigenvalue weighted by molar-refractivity contribution is 7.93. The minimum Gasteiger partial charge on any atom is -0.494 e. The molecule has 1 N–H and O–H groups in total. The number of aromatic nitrogens is 2. The molecular weight excluding hydrogens is 486 g/mol. The number of carbonyl (C=O) groups excluding carboxylic acids is 1. The number of amides is 1. The van der Waals surface area contributed by atoms with Gasteiger partial charge in [0.1, 0.15) is 28.9 Å². The van der Waals surface area contributed by atoms with Crippen molar-refractivity contribution in [1.29, 1.82) is 5.26 Å². The summed E-state index contributed by atoms with van der Waals surface area (Å²) in [5.41, 5.74) is -0.407. The van der Waals surface area contributed by atoms with Crippen molar-refractivity contribution in [2.45, 2.75) is 18.2 Å². The zero-order valence-corrected chi connectivity index (χ0v) is 19.5. The molecule has 0 aliphatic carbocycles. The maximum Gasteiger partial charge on any atom is 0.284 e. The number of rotatable bonds is 9. The normalized spacial score (nSPS) is 11.6. The van der Waals surface area contributed by atoms with Gasteiger partial charge in [0.2, 0.25) is 19.3 Å². The van der Waals surface area contributed by atoms with Gasteiger partial charge >= 0.3 is 0 Å². The van der Waals surface area contributed by atoms with Crippen LogP contribution in [-0.2, 0) is 14.6 Å². The highest BCUT2D eigenvalue weighted by Crippen LogP contribution is 2.34. The number of hydrogen-bond donors (Lipinski definition) is 1. The fourth-order valence-corrected chi connectivity index (χ4v) is 4.65. The second kappa shape index (κ2) is 10.2. The van der Waals surface area contributed by atoms with Gasteiger partial charge in [0, 0.05) is 6.08 Å². The molecule has 3 aromatic rings. The lowest BCUT2D eigenvalue weighted by Crippen LogP contribution is -2.13. The van der Waals surface area contributed by atoms with E-state index in [0.717, 1.165) is 6.08 Å². The third-order valence-corrected chi connectivity index (χ3v) is 7.31. The molecular formula is C20H17N5O7S2. The van der Waals surface area contributed by atoms with Crippen LogP contribution >= 0.6 is 11.3 Å². The molecule has 3 rings (SSSR count). The zero-order valence-electron chi connectivity index (χ0n) is 17.8. The molecule has 0 radical (unpaired) electrons. The first-order chi connectivity index (χ1) is 16.2. The molecule has 12 nitrogen and oxygen atoms in total. The van der Waals surface area contributed by atoms with Gasteiger partial charge in [0.05, 0.1) is 28.9 Å². The Bertz CT molecular complexity index is 1420. The first-order valence-electron chi connectivity index (χ1n) is 9.69. The highest BCUT2D eigenvalue weighted by Gasteiger charge is 2.21. The number of benzene rings is 1.